The number of carbonyl (C=O) groups is 2. The highest BCUT2D eigenvalue weighted by Gasteiger charge is 2.26. The molecule has 1 atom stereocenters. The molecule has 0 bridgehead atoms. The third-order valence-corrected chi connectivity index (χ3v) is 1.36. The monoisotopic (exact) mass is 173 g/mol. The molecule has 0 aromatic heterocycles. The largest absolute Gasteiger partial charge is 0.295 e. The van der Waals surface area contributed by atoms with Gasteiger partial charge in [0, 0.05) is 6.42 Å². The van der Waals surface area contributed by atoms with Gasteiger partial charge in [0.05, 0.1) is 5.25 Å². The maximum atomic E-state index is 10.4. The molecule has 1 heterocycles. The average molecular weight is 173 g/mol. The van der Waals surface area contributed by atoms with Crippen LogP contribution in [0, 0.1) is 0 Å². The smallest absolute Gasteiger partial charge is 0.239 e. The maximum Gasteiger partial charge on any atom is 0.239 e. The molecule has 0 aliphatic carbocycles. The van der Waals surface area contributed by atoms with Gasteiger partial charge in [-0.25, -0.2) is 0 Å². The van der Waals surface area contributed by atoms with Crippen molar-refractivity contribution in [2.24, 2.45) is 0 Å². The van der Waals surface area contributed by atoms with E-state index in [1.165, 1.54) is 0 Å². The van der Waals surface area contributed by atoms with Crippen molar-refractivity contribution in [1.82, 2.24) is 5.32 Å². The molecule has 1 aliphatic heterocycles. The summed E-state index contributed by atoms with van der Waals surface area (Å²) in [4.78, 5) is 20.7. The lowest BCUT2D eigenvalue weighted by Gasteiger charge is -1.87. The van der Waals surface area contributed by atoms with E-state index in [9.17, 15) is 9.59 Å². The highest BCUT2D eigenvalue weighted by Crippen LogP contribution is 2.06. The lowest BCUT2D eigenvalue weighted by Crippen LogP contribution is -2.21. The van der Waals surface area contributed by atoms with Gasteiger partial charge in [-0.05, 0) is 6.92 Å². The van der Waals surface area contributed by atoms with Crippen LogP contribution in [0.25, 0.3) is 0 Å². The normalized spacial score (nSPS) is 21.8. The molecule has 1 unspecified atom stereocenters. The van der Waals surface area contributed by atoms with Crippen molar-refractivity contribution < 1.29 is 9.59 Å². The Hall–Kier alpha value is -0.770. The number of nitrogens with one attached hydrogen (secondary N) is 1. The molecule has 1 saturated heterocycles. The molecule has 3 nitrogen and oxygen atoms in total. The summed E-state index contributed by atoms with van der Waals surface area (Å²) < 4.78 is 0. The predicted molar refractivity (Wildman–Crippen MR) is 46.4 cm³/mol. The number of hydrogen-bond donors (Lipinski definition) is 2. The molecular formula is C7H11NO2S. The van der Waals surface area contributed by atoms with Gasteiger partial charge in [0.15, 0.2) is 0 Å². The van der Waals surface area contributed by atoms with Crippen LogP contribution in [0.4, 0.5) is 0 Å². The molecule has 0 saturated carbocycles. The molecule has 0 radical (unpaired) electrons. The van der Waals surface area contributed by atoms with Crippen molar-refractivity contribution in [3.8, 4) is 0 Å². The Kier molecular flexibility index (Phi) is 4.61. The standard InChI is InChI=1S/C4H5NO2S.C3H6/c6-3-1-2(8)4(7)5-3;1-3-2/h2,8H,1H2,(H,5,6,7);3H,1H2,2H3. The first-order valence-electron chi connectivity index (χ1n) is 3.20. The molecule has 1 N–H and O–H groups in total. The van der Waals surface area contributed by atoms with Crippen molar-refractivity contribution in [1.29, 1.82) is 0 Å². The zero-order chi connectivity index (χ0) is 8.85. The third-order valence-electron chi connectivity index (χ3n) is 0.944. The van der Waals surface area contributed by atoms with Gasteiger partial charge >= 0.3 is 0 Å². The van der Waals surface area contributed by atoms with E-state index in [1.807, 2.05) is 6.92 Å². The summed E-state index contributed by atoms with van der Waals surface area (Å²) in [6, 6.07) is 0. The fourth-order valence-corrected chi connectivity index (χ4v) is 0.770. The first-order chi connectivity index (χ1) is 5.11. The van der Waals surface area contributed by atoms with Gasteiger partial charge in [-0.15, -0.1) is 6.58 Å². The SMILES string of the molecule is C=CC.O=C1CC(S)C(=O)N1. The lowest BCUT2D eigenvalue weighted by molar-refractivity contribution is -0.124. The van der Waals surface area contributed by atoms with E-state index < -0.39 is 5.25 Å². The van der Waals surface area contributed by atoms with Crippen LogP contribution in [0.2, 0.25) is 0 Å². The lowest BCUT2D eigenvalue weighted by atomic mass is 10.4. The summed E-state index contributed by atoms with van der Waals surface area (Å²) in [5.41, 5.74) is 0. The zero-order valence-electron chi connectivity index (χ0n) is 6.33. The molecule has 11 heavy (non-hydrogen) atoms. The summed E-state index contributed by atoms with van der Waals surface area (Å²) in [6.07, 6.45) is 1.97. The maximum absolute atomic E-state index is 10.4. The number of hydrogen-bond acceptors (Lipinski definition) is 3. The fraction of sp³-hybridized carbons (Fsp3) is 0.429. The van der Waals surface area contributed by atoms with E-state index in [-0.39, 0.29) is 18.2 Å². The first-order valence-corrected chi connectivity index (χ1v) is 3.72. The van der Waals surface area contributed by atoms with Crippen LogP contribution in [-0.4, -0.2) is 17.1 Å². The molecule has 2 amide bonds. The van der Waals surface area contributed by atoms with Crippen LogP contribution in [-0.2, 0) is 9.59 Å². The minimum atomic E-state index is -0.414. The summed E-state index contributed by atoms with van der Waals surface area (Å²) in [5.74, 6) is -0.506. The average Bonchev–Trinajstić information content (AvgIpc) is 2.12. The van der Waals surface area contributed by atoms with Crippen LogP contribution < -0.4 is 5.32 Å². The summed E-state index contributed by atoms with van der Waals surface area (Å²) in [6.45, 7) is 5.25. The summed E-state index contributed by atoms with van der Waals surface area (Å²) in [5, 5.41) is 1.70. The number of carbonyl (C=O) groups excluding carboxylic acids is 2. The van der Waals surface area contributed by atoms with Gasteiger partial charge in [-0.3, -0.25) is 14.9 Å². The number of thiol groups is 1. The van der Waals surface area contributed by atoms with Crippen molar-refractivity contribution in [3.05, 3.63) is 12.7 Å². The van der Waals surface area contributed by atoms with E-state index in [2.05, 4.69) is 24.5 Å². The fourth-order valence-electron chi connectivity index (χ4n) is 0.540. The highest BCUT2D eigenvalue weighted by molar-refractivity contribution is 7.81. The second kappa shape index (κ2) is 4.96. The Morgan fingerprint density at radius 2 is 2.18 bits per heavy atom. The van der Waals surface area contributed by atoms with Gasteiger partial charge < -0.3 is 0 Å². The number of allylic oxidation sites excluding steroid dienone is 1. The van der Waals surface area contributed by atoms with E-state index in [0.717, 1.165) is 0 Å². The highest BCUT2D eigenvalue weighted by atomic mass is 32.1. The van der Waals surface area contributed by atoms with Gasteiger partial charge in [-0.1, -0.05) is 6.08 Å². The summed E-state index contributed by atoms with van der Waals surface area (Å²) >= 11 is 3.81. The van der Waals surface area contributed by atoms with Crippen LogP contribution >= 0.6 is 12.6 Å². The Labute approximate surface area is 71.3 Å². The van der Waals surface area contributed by atoms with Crippen molar-refractivity contribution >= 4 is 24.4 Å². The molecule has 4 heteroatoms. The molecule has 1 rings (SSSR count). The Bertz CT molecular complexity index is 179. The second-order valence-electron chi connectivity index (χ2n) is 2.04. The van der Waals surface area contributed by atoms with Crippen molar-refractivity contribution in [2.75, 3.05) is 0 Å². The Morgan fingerprint density at radius 1 is 1.73 bits per heavy atom. The van der Waals surface area contributed by atoms with E-state index in [4.69, 9.17) is 0 Å². The minimum absolute atomic E-state index is 0.224. The van der Waals surface area contributed by atoms with Gasteiger partial charge in [0.2, 0.25) is 11.8 Å². The van der Waals surface area contributed by atoms with Crippen molar-refractivity contribution in [3.63, 3.8) is 0 Å². The molecule has 62 valence electrons. The first kappa shape index (κ1) is 10.2. The molecular weight excluding hydrogens is 162 g/mol. The number of imide groups is 1. The molecule has 0 aromatic rings. The molecule has 1 aliphatic rings. The predicted octanol–water partition coefficient (Wildman–Crippen LogP) is 0.524. The van der Waals surface area contributed by atoms with Crippen LogP contribution in [0.3, 0.4) is 0 Å². The molecule has 0 spiro atoms. The molecule has 1 fully saturated rings. The minimum Gasteiger partial charge on any atom is -0.295 e. The topological polar surface area (TPSA) is 46.2 Å². The second-order valence-corrected chi connectivity index (χ2v) is 2.66. The van der Waals surface area contributed by atoms with Gasteiger partial charge in [0.1, 0.15) is 0 Å². The van der Waals surface area contributed by atoms with E-state index in [1.54, 1.807) is 6.08 Å². The zero-order valence-corrected chi connectivity index (χ0v) is 7.23. The molecule has 0 aromatic carbocycles. The van der Waals surface area contributed by atoms with Crippen molar-refractivity contribution in [2.45, 2.75) is 18.6 Å². The van der Waals surface area contributed by atoms with Crippen LogP contribution in [0.15, 0.2) is 12.7 Å². The third kappa shape index (κ3) is 3.83. The summed E-state index contributed by atoms with van der Waals surface area (Å²) in [7, 11) is 0. The van der Waals surface area contributed by atoms with Gasteiger partial charge in [-0.2, -0.15) is 12.6 Å². The number of rotatable bonds is 0. The Morgan fingerprint density at radius 3 is 2.27 bits per heavy atom. The van der Waals surface area contributed by atoms with Crippen LogP contribution in [0.5, 0.6) is 0 Å². The van der Waals surface area contributed by atoms with Gasteiger partial charge in [0.25, 0.3) is 0 Å². The quantitative estimate of drug-likeness (QED) is 0.319. The van der Waals surface area contributed by atoms with E-state index >= 15 is 0 Å². The number of amides is 2. The Balaban J connectivity index is 0.000000292. The van der Waals surface area contributed by atoms with E-state index in [0.29, 0.717) is 0 Å². The van der Waals surface area contributed by atoms with Crippen LogP contribution in [0.1, 0.15) is 13.3 Å².